The number of aryl methyl sites for hydroxylation is 1. The molecule has 0 aromatic heterocycles. The molecule has 0 aliphatic heterocycles. The average molecular weight is 255 g/mol. The molecule has 1 amide bonds. The maximum Gasteiger partial charge on any atom is 0.255 e. The van der Waals surface area contributed by atoms with Crippen LogP contribution in [0.15, 0.2) is 48.5 Å². The summed E-state index contributed by atoms with van der Waals surface area (Å²) >= 11 is 0. The van der Waals surface area contributed by atoms with Gasteiger partial charge in [-0.2, -0.15) is 0 Å². The van der Waals surface area contributed by atoms with E-state index in [2.05, 4.69) is 5.32 Å². The highest BCUT2D eigenvalue weighted by Crippen LogP contribution is 2.13. The Balaban J connectivity index is 2.12. The van der Waals surface area contributed by atoms with Crippen LogP contribution in [0.1, 0.15) is 21.5 Å². The third-order valence-electron chi connectivity index (χ3n) is 2.78. The number of methoxy groups -OCH3 is 1. The third-order valence-corrected chi connectivity index (χ3v) is 2.78. The van der Waals surface area contributed by atoms with Crippen LogP contribution in [0.25, 0.3) is 0 Å². The van der Waals surface area contributed by atoms with E-state index in [9.17, 15) is 4.79 Å². The van der Waals surface area contributed by atoms with Gasteiger partial charge in [-0.3, -0.25) is 4.79 Å². The first-order valence-electron chi connectivity index (χ1n) is 6.15. The molecule has 0 unspecified atom stereocenters. The molecule has 3 heteroatoms. The molecule has 2 aromatic rings. The van der Waals surface area contributed by atoms with Gasteiger partial charge in [-0.25, -0.2) is 0 Å². The minimum Gasteiger partial charge on any atom is -0.380 e. The van der Waals surface area contributed by atoms with E-state index in [1.54, 1.807) is 13.2 Å². The molecule has 1 N–H and O–H groups in total. The second kappa shape index (κ2) is 6.16. The third kappa shape index (κ3) is 3.66. The Hall–Kier alpha value is -2.13. The topological polar surface area (TPSA) is 38.3 Å². The van der Waals surface area contributed by atoms with Crippen LogP contribution in [0.4, 0.5) is 5.69 Å². The zero-order valence-corrected chi connectivity index (χ0v) is 11.1. The van der Waals surface area contributed by atoms with Crippen LogP contribution in [-0.2, 0) is 11.3 Å². The van der Waals surface area contributed by atoms with Gasteiger partial charge in [0.25, 0.3) is 5.91 Å². The van der Waals surface area contributed by atoms with E-state index in [4.69, 9.17) is 4.74 Å². The van der Waals surface area contributed by atoms with E-state index >= 15 is 0 Å². The van der Waals surface area contributed by atoms with Gasteiger partial charge >= 0.3 is 0 Å². The summed E-state index contributed by atoms with van der Waals surface area (Å²) in [5.74, 6) is -0.0988. The molecule has 3 nitrogen and oxygen atoms in total. The van der Waals surface area contributed by atoms with Gasteiger partial charge in [-0.1, -0.05) is 29.8 Å². The summed E-state index contributed by atoms with van der Waals surface area (Å²) in [4.78, 5) is 12.1. The summed E-state index contributed by atoms with van der Waals surface area (Å²) in [5, 5.41) is 2.89. The van der Waals surface area contributed by atoms with Crippen molar-refractivity contribution >= 4 is 11.6 Å². The first-order chi connectivity index (χ1) is 9.19. The number of anilines is 1. The average Bonchev–Trinajstić information content (AvgIpc) is 2.39. The summed E-state index contributed by atoms with van der Waals surface area (Å²) in [6.07, 6.45) is 0. The lowest BCUT2D eigenvalue weighted by Crippen LogP contribution is -2.12. The van der Waals surface area contributed by atoms with Crippen molar-refractivity contribution in [2.75, 3.05) is 12.4 Å². The van der Waals surface area contributed by atoms with Crippen molar-refractivity contribution in [1.29, 1.82) is 0 Å². The van der Waals surface area contributed by atoms with Crippen LogP contribution < -0.4 is 5.32 Å². The minimum absolute atomic E-state index is 0.0988. The highest BCUT2D eigenvalue weighted by atomic mass is 16.5. The molecular weight excluding hydrogens is 238 g/mol. The molecule has 0 saturated carbocycles. The quantitative estimate of drug-likeness (QED) is 0.909. The Morgan fingerprint density at radius 2 is 1.95 bits per heavy atom. The first-order valence-corrected chi connectivity index (χ1v) is 6.15. The fourth-order valence-electron chi connectivity index (χ4n) is 1.90. The van der Waals surface area contributed by atoms with E-state index < -0.39 is 0 Å². The summed E-state index contributed by atoms with van der Waals surface area (Å²) in [6.45, 7) is 2.50. The molecule has 2 rings (SSSR count). The molecule has 0 heterocycles. The Morgan fingerprint density at radius 1 is 1.16 bits per heavy atom. The monoisotopic (exact) mass is 255 g/mol. The fraction of sp³-hybridized carbons (Fsp3) is 0.188. The molecule has 0 fully saturated rings. The predicted octanol–water partition coefficient (Wildman–Crippen LogP) is 3.39. The van der Waals surface area contributed by atoms with Gasteiger partial charge in [0, 0.05) is 18.4 Å². The van der Waals surface area contributed by atoms with Gasteiger partial charge < -0.3 is 10.1 Å². The highest BCUT2D eigenvalue weighted by molar-refractivity contribution is 6.04. The lowest BCUT2D eigenvalue weighted by Gasteiger charge is -2.07. The van der Waals surface area contributed by atoms with Crippen molar-refractivity contribution in [3.8, 4) is 0 Å². The summed E-state index contributed by atoms with van der Waals surface area (Å²) < 4.78 is 5.08. The number of nitrogens with one attached hydrogen (secondary N) is 1. The van der Waals surface area contributed by atoms with Crippen LogP contribution in [0.5, 0.6) is 0 Å². The summed E-state index contributed by atoms with van der Waals surface area (Å²) in [6, 6.07) is 15.2. The number of hydrogen-bond acceptors (Lipinski definition) is 2. The van der Waals surface area contributed by atoms with Crippen molar-refractivity contribution in [1.82, 2.24) is 0 Å². The van der Waals surface area contributed by atoms with Gasteiger partial charge in [-0.05, 0) is 36.8 Å². The molecule has 0 aliphatic carbocycles. The number of hydrogen-bond donors (Lipinski definition) is 1. The predicted molar refractivity (Wildman–Crippen MR) is 76.3 cm³/mol. The van der Waals surface area contributed by atoms with E-state index in [0.29, 0.717) is 12.2 Å². The second-order valence-electron chi connectivity index (χ2n) is 4.46. The van der Waals surface area contributed by atoms with Crippen molar-refractivity contribution in [2.45, 2.75) is 13.5 Å². The van der Waals surface area contributed by atoms with Crippen molar-refractivity contribution in [3.05, 3.63) is 65.2 Å². The van der Waals surface area contributed by atoms with E-state index in [-0.39, 0.29) is 5.91 Å². The lowest BCUT2D eigenvalue weighted by atomic mass is 10.1. The molecule has 0 spiro atoms. The standard InChI is InChI=1S/C16H17NO2/c1-12-5-3-7-14(9-12)16(18)17-15-8-4-6-13(10-15)11-19-2/h3-10H,11H2,1-2H3,(H,17,18). The van der Waals surface area contributed by atoms with Crippen molar-refractivity contribution in [3.63, 3.8) is 0 Å². The molecule has 0 atom stereocenters. The van der Waals surface area contributed by atoms with E-state index in [1.165, 1.54) is 0 Å². The minimum atomic E-state index is -0.0988. The van der Waals surface area contributed by atoms with Crippen LogP contribution in [-0.4, -0.2) is 13.0 Å². The Labute approximate surface area is 113 Å². The van der Waals surface area contributed by atoms with Gasteiger partial charge in [0.2, 0.25) is 0 Å². The summed E-state index contributed by atoms with van der Waals surface area (Å²) in [7, 11) is 1.65. The highest BCUT2D eigenvalue weighted by Gasteiger charge is 2.06. The lowest BCUT2D eigenvalue weighted by molar-refractivity contribution is 0.102. The van der Waals surface area contributed by atoms with E-state index in [1.807, 2.05) is 49.4 Å². The van der Waals surface area contributed by atoms with Crippen LogP contribution in [0.2, 0.25) is 0 Å². The Bertz CT molecular complexity index is 578. The summed E-state index contributed by atoms with van der Waals surface area (Å²) in [5.41, 5.74) is 3.54. The zero-order valence-electron chi connectivity index (χ0n) is 11.1. The number of benzene rings is 2. The zero-order chi connectivity index (χ0) is 13.7. The molecule has 2 aromatic carbocycles. The maximum absolute atomic E-state index is 12.1. The Morgan fingerprint density at radius 3 is 2.68 bits per heavy atom. The SMILES string of the molecule is COCc1cccc(NC(=O)c2cccc(C)c2)c1. The number of carbonyl (C=O) groups is 1. The number of carbonyl (C=O) groups excluding carboxylic acids is 1. The molecule has 0 saturated heterocycles. The number of rotatable bonds is 4. The fourth-order valence-corrected chi connectivity index (χ4v) is 1.90. The normalized spacial score (nSPS) is 10.2. The van der Waals surface area contributed by atoms with E-state index in [0.717, 1.165) is 16.8 Å². The maximum atomic E-state index is 12.1. The Kier molecular flexibility index (Phi) is 4.31. The number of ether oxygens (including phenoxy) is 1. The number of amides is 1. The molecule has 19 heavy (non-hydrogen) atoms. The van der Waals surface area contributed by atoms with Crippen molar-refractivity contribution in [2.24, 2.45) is 0 Å². The smallest absolute Gasteiger partial charge is 0.255 e. The molecule has 98 valence electrons. The second-order valence-corrected chi connectivity index (χ2v) is 4.46. The largest absolute Gasteiger partial charge is 0.380 e. The van der Waals surface area contributed by atoms with Gasteiger partial charge in [0.15, 0.2) is 0 Å². The van der Waals surface area contributed by atoms with Crippen LogP contribution in [0.3, 0.4) is 0 Å². The van der Waals surface area contributed by atoms with Gasteiger partial charge in [-0.15, -0.1) is 0 Å². The molecule has 0 radical (unpaired) electrons. The molecule has 0 aliphatic rings. The van der Waals surface area contributed by atoms with Crippen LogP contribution >= 0.6 is 0 Å². The molecular formula is C16H17NO2. The molecule has 0 bridgehead atoms. The van der Waals surface area contributed by atoms with Crippen LogP contribution in [0, 0.1) is 6.92 Å². The van der Waals surface area contributed by atoms with Gasteiger partial charge in [0.1, 0.15) is 0 Å². The van der Waals surface area contributed by atoms with Gasteiger partial charge in [0.05, 0.1) is 6.61 Å². The first kappa shape index (κ1) is 13.3. The van der Waals surface area contributed by atoms with Crippen molar-refractivity contribution < 1.29 is 9.53 Å².